The van der Waals surface area contributed by atoms with Crippen molar-refractivity contribution in [3.05, 3.63) is 47.3 Å². The lowest BCUT2D eigenvalue weighted by molar-refractivity contribution is -0.123. The van der Waals surface area contributed by atoms with E-state index in [-0.39, 0.29) is 23.3 Å². The molecule has 12 heteroatoms. The second-order valence-corrected chi connectivity index (χ2v) is 11.7. The second kappa shape index (κ2) is 11.5. The molecule has 1 aliphatic heterocycles. The normalized spacial score (nSPS) is 17.2. The highest BCUT2D eigenvalue weighted by Gasteiger charge is 2.33. The summed E-state index contributed by atoms with van der Waals surface area (Å²) in [5.74, 6) is -0.499. The smallest absolute Gasteiger partial charge is 0.252 e. The lowest BCUT2D eigenvalue weighted by Gasteiger charge is -2.30. The molecule has 1 atom stereocenters. The highest BCUT2D eigenvalue weighted by Crippen LogP contribution is 2.26. The molecular weight excluding hydrogens is 516 g/mol. The molecule has 3 aromatic rings. The van der Waals surface area contributed by atoms with Gasteiger partial charge in [0.25, 0.3) is 5.91 Å². The van der Waals surface area contributed by atoms with Crippen LogP contribution in [0.1, 0.15) is 19.8 Å². The number of rotatable bonds is 8. The van der Waals surface area contributed by atoms with Crippen molar-refractivity contribution in [3.8, 4) is 5.75 Å². The molecule has 10 nitrogen and oxygen atoms in total. The molecule has 37 heavy (non-hydrogen) atoms. The number of aromatic nitrogens is 1. The Labute approximate surface area is 219 Å². The minimum absolute atomic E-state index is 0.0757. The Morgan fingerprint density at radius 3 is 2.59 bits per heavy atom. The van der Waals surface area contributed by atoms with Crippen molar-refractivity contribution in [1.82, 2.24) is 8.87 Å². The molecule has 0 radical (unpaired) electrons. The monoisotopic (exact) mass is 546 g/mol. The number of nitrogens with zero attached hydrogens (tertiary/aromatic N) is 3. The third-order valence-electron chi connectivity index (χ3n) is 6.16. The molecule has 198 valence electrons. The largest absolute Gasteiger partial charge is 0.497 e. The number of carbonyl (C=O) groups excluding carboxylic acids is 2. The Kier molecular flexibility index (Phi) is 8.42. The Hall–Kier alpha value is -3.06. The first kappa shape index (κ1) is 27.0. The van der Waals surface area contributed by atoms with Crippen LogP contribution in [0.2, 0.25) is 0 Å². The number of hydrogen-bond donors (Lipinski definition) is 1. The van der Waals surface area contributed by atoms with Crippen molar-refractivity contribution in [2.24, 2.45) is 10.9 Å². The van der Waals surface area contributed by atoms with Crippen LogP contribution in [0.4, 0.5) is 5.69 Å². The van der Waals surface area contributed by atoms with Crippen LogP contribution in [0.25, 0.3) is 10.2 Å². The van der Waals surface area contributed by atoms with Gasteiger partial charge in [-0.15, -0.1) is 0 Å². The molecule has 0 saturated carbocycles. The average molecular weight is 547 g/mol. The predicted octanol–water partition coefficient (Wildman–Crippen LogP) is 2.84. The highest BCUT2D eigenvalue weighted by molar-refractivity contribution is 7.89. The minimum Gasteiger partial charge on any atom is -0.497 e. The first-order valence-corrected chi connectivity index (χ1v) is 14.1. The molecule has 1 unspecified atom stereocenters. The van der Waals surface area contributed by atoms with Gasteiger partial charge in [-0.3, -0.25) is 9.59 Å². The molecule has 1 saturated heterocycles. The first-order valence-electron chi connectivity index (χ1n) is 11.9. The van der Waals surface area contributed by atoms with Crippen LogP contribution in [0.15, 0.2) is 52.4 Å². The second-order valence-electron chi connectivity index (χ2n) is 8.72. The molecule has 4 rings (SSSR count). The number of methoxy groups -OCH3 is 2. The van der Waals surface area contributed by atoms with Crippen molar-refractivity contribution in [2.75, 3.05) is 39.2 Å². The van der Waals surface area contributed by atoms with E-state index in [1.165, 1.54) is 41.8 Å². The van der Waals surface area contributed by atoms with Crippen LogP contribution in [-0.2, 0) is 30.9 Å². The van der Waals surface area contributed by atoms with E-state index < -0.39 is 15.9 Å². The van der Waals surface area contributed by atoms with Gasteiger partial charge in [-0.2, -0.15) is 9.30 Å². The Morgan fingerprint density at radius 1 is 1.16 bits per heavy atom. The summed E-state index contributed by atoms with van der Waals surface area (Å²) in [6.07, 6.45) is 1.13. The van der Waals surface area contributed by atoms with Crippen molar-refractivity contribution in [3.63, 3.8) is 0 Å². The Bertz CT molecular complexity index is 1460. The number of sulfonamides is 1. The molecule has 0 aliphatic carbocycles. The summed E-state index contributed by atoms with van der Waals surface area (Å²) < 4.78 is 40.9. The fraction of sp³-hybridized carbons (Fsp3) is 0.400. The highest BCUT2D eigenvalue weighted by atomic mass is 32.2. The van der Waals surface area contributed by atoms with Gasteiger partial charge >= 0.3 is 0 Å². The fourth-order valence-electron chi connectivity index (χ4n) is 4.28. The van der Waals surface area contributed by atoms with Crippen LogP contribution < -0.4 is 14.9 Å². The summed E-state index contributed by atoms with van der Waals surface area (Å²) in [4.78, 5) is 29.8. The van der Waals surface area contributed by atoms with E-state index in [1.807, 2.05) is 16.7 Å². The number of benzene rings is 2. The predicted molar refractivity (Wildman–Crippen MR) is 141 cm³/mol. The topological polar surface area (TPSA) is 119 Å². The summed E-state index contributed by atoms with van der Waals surface area (Å²) in [6, 6.07) is 11.7. The van der Waals surface area contributed by atoms with Crippen LogP contribution in [0, 0.1) is 5.92 Å². The van der Waals surface area contributed by atoms with E-state index in [2.05, 4.69) is 10.3 Å². The number of thiazole rings is 1. The van der Waals surface area contributed by atoms with Crippen molar-refractivity contribution >= 4 is 49.1 Å². The molecule has 0 spiro atoms. The van der Waals surface area contributed by atoms with Crippen molar-refractivity contribution in [2.45, 2.75) is 31.2 Å². The van der Waals surface area contributed by atoms with E-state index in [1.54, 1.807) is 25.3 Å². The number of fused-ring (bicyclic) bond motifs is 1. The quantitative estimate of drug-likeness (QED) is 0.464. The number of nitrogens with one attached hydrogen (secondary N) is 1. The first-order chi connectivity index (χ1) is 17.7. The number of piperidine rings is 1. The number of ether oxygens (including phenoxy) is 2. The molecule has 1 aromatic heterocycles. The lowest BCUT2D eigenvalue weighted by Crippen LogP contribution is -2.42. The fourth-order valence-corrected chi connectivity index (χ4v) is 6.91. The molecule has 2 aromatic carbocycles. The van der Waals surface area contributed by atoms with Crippen LogP contribution >= 0.6 is 11.3 Å². The Morgan fingerprint density at radius 2 is 1.92 bits per heavy atom. The van der Waals surface area contributed by atoms with E-state index in [0.29, 0.717) is 48.8 Å². The number of amides is 2. The third-order valence-corrected chi connectivity index (χ3v) is 9.08. The van der Waals surface area contributed by atoms with E-state index in [9.17, 15) is 18.0 Å². The van der Waals surface area contributed by atoms with Gasteiger partial charge in [-0.05, 0) is 55.3 Å². The van der Waals surface area contributed by atoms with Crippen LogP contribution in [-0.4, -0.2) is 63.0 Å². The van der Waals surface area contributed by atoms with Crippen LogP contribution in [0.5, 0.6) is 5.75 Å². The zero-order valence-electron chi connectivity index (χ0n) is 21.0. The minimum atomic E-state index is -3.75. The van der Waals surface area contributed by atoms with Crippen LogP contribution in [0.3, 0.4) is 0 Å². The van der Waals surface area contributed by atoms with E-state index in [4.69, 9.17) is 9.47 Å². The van der Waals surface area contributed by atoms with E-state index in [0.717, 1.165) is 10.2 Å². The molecule has 2 heterocycles. The maximum absolute atomic E-state index is 13.3. The Balaban J connectivity index is 1.61. The molecule has 0 bridgehead atoms. The van der Waals surface area contributed by atoms with Crippen molar-refractivity contribution < 1.29 is 27.5 Å². The molecule has 1 aliphatic rings. The number of anilines is 1. The summed E-state index contributed by atoms with van der Waals surface area (Å²) in [5.41, 5.74) is 1.53. The van der Waals surface area contributed by atoms with Crippen molar-refractivity contribution in [1.29, 1.82) is 0 Å². The van der Waals surface area contributed by atoms with Gasteiger partial charge in [0.05, 0.1) is 34.7 Å². The SMILES string of the molecule is COCCn1c(=NC(=O)C2CCCN(S(=O)(=O)c3ccc(OC)cc3)C2)sc2cc(NC(C)=O)ccc21. The maximum Gasteiger partial charge on any atom is 0.252 e. The summed E-state index contributed by atoms with van der Waals surface area (Å²) >= 11 is 1.34. The molecule has 1 N–H and O–H groups in total. The average Bonchev–Trinajstić information content (AvgIpc) is 3.22. The van der Waals surface area contributed by atoms with Gasteiger partial charge in [0.2, 0.25) is 15.9 Å². The number of hydrogen-bond acceptors (Lipinski definition) is 7. The van der Waals surface area contributed by atoms with Gasteiger partial charge in [-0.25, -0.2) is 8.42 Å². The van der Waals surface area contributed by atoms with Gasteiger partial charge in [0, 0.05) is 39.4 Å². The molecule has 2 amide bonds. The van der Waals surface area contributed by atoms with E-state index >= 15 is 0 Å². The summed E-state index contributed by atoms with van der Waals surface area (Å²) in [7, 11) is -0.629. The molecule has 1 fully saturated rings. The molecular formula is C25H30N4O6S2. The van der Waals surface area contributed by atoms with Gasteiger partial charge in [0.1, 0.15) is 5.75 Å². The number of carbonyl (C=O) groups is 2. The lowest BCUT2D eigenvalue weighted by atomic mass is 9.99. The summed E-state index contributed by atoms with van der Waals surface area (Å²) in [5, 5.41) is 2.77. The third kappa shape index (κ3) is 6.09. The van der Waals surface area contributed by atoms with Gasteiger partial charge in [-0.1, -0.05) is 11.3 Å². The standard InChI is InChI=1S/C25H30N4O6S2/c1-17(30)26-19-6-11-22-23(15-19)36-25(29(22)13-14-34-2)27-24(31)18-5-4-12-28(16-18)37(32,33)21-9-7-20(35-3)8-10-21/h6-11,15,18H,4-5,12-14,16H2,1-3H3,(H,26,30). The van der Waals surface area contributed by atoms with Gasteiger partial charge < -0.3 is 19.4 Å². The maximum atomic E-state index is 13.3. The zero-order valence-corrected chi connectivity index (χ0v) is 22.6. The summed E-state index contributed by atoms with van der Waals surface area (Å²) in [6.45, 7) is 2.79. The van der Waals surface area contributed by atoms with Gasteiger partial charge in [0.15, 0.2) is 4.80 Å². The zero-order chi connectivity index (χ0) is 26.6.